The molecule has 3 nitrogen and oxygen atoms in total. The summed E-state index contributed by atoms with van der Waals surface area (Å²) in [5.41, 5.74) is 0. The third-order valence-corrected chi connectivity index (χ3v) is 2.18. The number of hydrogen-bond donors (Lipinski definition) is 0. The number of hydrogen-bond acceptors (Lipinski definition) is 1. The maximum atomic E-state index is 5.71. The van der Waals surface area contributed by atoms with Crippen molar-refractivity contribution in [2.45, 2.75) is 0 Å². The number of ether oxygens (including phenoxy) is 1. The number of pyridine rings is 2. The Balaban J connectivity index is 0.00000128. The number of rotatable bonds is 2. The van der Waals surface area contributed by atoms with Crippen molar-refractivity contribution in [3.05, 3.63) is 48.9 Å². The molecule has 0 N–H and O–H groups in total. The first-order chi connectivity index (χ1) is 7.25. The molecule has 4 heteroatoms. The first kappa shape index (κ1) is 12.1. The highest BCUT2D eigenvalue weighted by Crippen LogP contribution is 2.14. The first-order valence-corrected chi connectivity index (χ1v) is 4.83. The third-order valence-electron chi connectivity index (χ3n) is 2.18. The average molecular weight is 222 g/mol. The Morgan fingerprint density at radius 2 is 1.62 bits per heavy atom. The zero-order valence-electron chi connectivity index (χ0n) is 9.33. The summed E-state index contributed by atoms with van der Waals surface area (Å²) in [4.78, 5) is 0. The second kappa shape index (κ2) is 5.21. The largest absolute Gasteiger partial charge is 0.405 e. The maximum absolute atomic E-state index is 5.71. The van der Waals surface area contributed by atoms with Gasteiger partial charge in [0, 0.05) is 18.2 Å². The van der Waals surface area contributed by atoms with Gasteiger partial charge in [0.1, 0.15) is 19.8 Å². The van der Waals surface area contributed by atoms with E-state index in [1.54, 1.807) is 0 Å². The molecule has 0 saturated carbocycles. The fraction of sp³-hybridized carbons (Fsp3) is 0.167. The van der Waals surface area contributed by atoms with Crippen molar-refractivity contribution in [1.82, 2.24) is 0 Å². The SMILES string of the molecule is C[n+]1ccc(Oc2cccc[n+]2C)cc1.F. The van der Waals surface area contributed by atoms with Crippen LogP contribution in [0, 0.1) is 0 Å². The lowest BCUT2D eigenvalue weighted by atomic mass is 10.4. The maximum Gasteiger partial charge on any atom is 0.373 e. The number of nitrogens with zero attached hydrogens (tertiary/aromatic N) is 2. The molecule has 2 rings (SSSR count). The highest BCUT2D eigenvalue weighted by molar-refractivity contribution is 5.20. The topological polar surface area (TPSA) is 17.0 Å². The molecule has 0 unspecified atom stereocenters. The molecule has 2 aromatic rings. The molecule has 16 heavy (non-hydrogen) atoms. The van der Waals surface area contributed by atoms with Crippen LogP contribution in [0.4, 0.5) is 4.70 Å². The van der Waals surface area contributed by atoms with E-state index in [1.165, 1.54) is 0 Å². The summed E-state index contributed by atoms with van der Waals surface area (Å²) in [6.45, 7) is 0. The van der Waals surface area contributed by atoms with Gasteiger partial charge in [-0.2, -0.15) is 4.57 Å². The van der Waals surface area contributed by atoms with Crippen LogP contribution in [0.5, 0.6) is 11.6 Å². The summed E-state index contributed by atoms with van der Waals surface area (Å²) >= 11 is 0. The molecule has 0 bridgehead atoms. The molecule has 2 heterocycles. The Morgan fingerprint density at radius 1 is 0.938 bits per heavy atom. The van der Waals surface area contributed by atoms with Crippen LogP contribution in [0.1, 0.15) is 0 Å². The Hall–Kier alpha value is -1.97. The van der Waals surface area contributed by atoms with Crippen molar-refractivity contribution >= 4 is 0 Å². The molecule has 0 aromatic carbocycles. The zero-order valence-corrected chi connectivity index (χ0v) is 9.33. The van der Waals surface area contributed by atoms with Crippen molar-refractivity contribution in [2.75, 3.05) is 0 Å². The van der Waals surface area contributed by atoms with Crippen LogP contribution in [0.3, 0.4) is 0 Å². The van der Waals surface area contributed by atoms with E-state index in [-0.39, 0.29) is 4.70 Å². The molecule has 0 atom stereocenters. The second-order valence-corrected chi connectivity index (χ2v) is 3.45. The van der Waals surface area contributed by atoms with E-state index >= 15 is 0 Å². The van der Waals surface area contributed by atoms with Crippen molar-refractivity contribution in [3.63, 3.8) is 0 Å². The van der Waals surface area contributed by atoms with E-state index in [9.17, 15) is 0 Å². The molecular formula is C12H15FN2O+2. The highest BCUT2D eigenvalue weighted by Gasteiger charge is 2.07. The molecule has 84 valence electrons. The summed E-state index contributed by atoms with van der Waals surface area (Å²) in [7, 11) is 3.94. The summed E-state index contributed by atoms with van der Waals surface area (Å²) in [6, 6.07) is 9.74. The zero-order chi connectivity index (χ0) is 10.7. The molecular weight excluding hydrogens is 207 g/mol. The minimum absolute atomic E-state index is 0. The van der Waals surface area contributed by atoms with Crippen molar-refractivity contribution < 1.29 is 18.6 Å². The van der Waals surface area contributed by atoms with Gasteiger partial charge in [0.05, 0.1) is 6.07 Å². The van der Waals surface area contributed by atoms with Crippen LogP contribution >= 0.6 is 0 Å². The summed E-state index contributed by atoms with van der Waals surface area (Å²) in [5, 5.41) is 0. The Kier molecular flexibility index (Phi) is 3.94. The van der Waals surface area contributed by atoms with Crippen molar-refractivity contribution in [2.24, 2.45) is 14.1 Å². The normalized spacial score (nSPS) is 9.38. The lowest BCUT2D eigenvalue weighted by molar-refractivity contribution is -0.676. The van der Waals surface area contributed by atoms with Crippen LogP contribution in [0.25, 0.3) is 0 Å². The van der Waals surface area contributed by atoms with Crippen molar-refractivity contribution in [3.8, 4) is 11.6 Å². The van der Waals surface area contributed by atoms with Gasteiger partial charge in [0.15, 0.2) is 18.6 Å². The summed E-state index contributed by atoms with van der Waals surface area (Å²) < 4.78 is 9.62. The van der Waals surface area contributed by atoms with E-state index in [0.29, 0.717) is 0 Å². The fourth-order valence-electron chi connectivity index (χ4n) is 1.29. The van der Waals surface area contributed by atoms with E-state index in [1.807, 2.05) is 72.2 Å². The standard InChI is InChI=1S/C12H14N2O.FH/c1-13-9-6-11(7-10-13)15-12-5-3-4-8-14(12)2;/h3-10H,1-2H3;1H/q+2;. The Labute approximate surface area is 93.9 Å². The second-order valence-electron chi connectivity index (χ2n) is 3.45. The average Bonchev–Trinajstić information content (AvgIpc) is 2.25. The van der Waals surface area contributed by atoms with Gasteiger partial charge in [-0.15, -0.1) is 0 Å². The Bertz CT molecular complexity index is 457. The van der Waals surface area contributed by atoms with Gasteiger partial charge in [-0.05, 0) is 6.07 Å². The van der Waals surface area contributed by atoms with Gasteiger partial charge < -0.3 is 4.74 Å². The summed E-state index contributed by atoms with van der Waals surface area (Å²) in [6.07, 6.45) is 5.87. The molecule has 0 fully saturated rings. The fourth-order valence-corrected chi connectivity index (χ4v) is 1.29. The van der Waals surface area contributed by atoms with Crippen LogP contribution in [-0.2, 0) is 14.1 Å². The predicted octanol–water partition coefficient (Wildman–Crippen LogP) is 1.28. The lowest BCUT2D eigenvalue weighted by Crippen LogP contribution is -2.29. The van der Waals surface area contributed by atoms with Gasteiger partial charge in [0.2, 0.25) is 0 Å². The minimum Gasteiger partial charge on any atom is -0.405 e. The number of aromatic nitrogens is 2. The molecule has 0 amide bonds. The summed E-state index contributed by atoms with van der Waals surface area (Å²) in [5.74, 6) is 1.67. The Morgan fingerprint density at radius 3 is 2.25 bits per heavy atom. The van der Waals surface area contributed by atoms with E-state index in [4.69, 9.17) is 4.74 Å². The van der Waals surface area contributed by atoms with E-state index in [0.717, 1.165) is 11.6 Å². The number of halogens is 1. The number of aryl methyl sites for hydroxylation is 2. The highest BCUT2D eigenvalue weighted by atomic mass is 19.0. The molecule has 2 aromatic heterocycles. The smallest absolute Gasteiger partial charge is 0.373 e. The minimum atomic E-state index is 0. The van der Waals surface area contributed by atoms with Gasteiger partial charge in [-0.3, -0.25) is 4.70 Å². The third kappa shape index (κ3) is 2.76. The quantitative estimate of drug-likeness (QED) is 0.700. The van der Waals surface area contributed by atoms with Crippen LogP contribution < -0.4 is 13.9 Å². The van der Waals surface area contributed by atoms with Crippen LogP contribution in [-0.4, -0.2) is 0 Å². The molecule has 0 spiro atoms. The van der Waals surface area contributed by atoms with Gasteiger partial charge in [-0.1, -0.05) is 0 Å². The van der Waals surface area contributed by atoms with Crippen LogP contribution in [0.2, 0.25) is 0 Å². The van der Waals surface area contributed by atoms with Crippen LogP contribution in [0.15, 0.2) is 48.9 Å². The van der Waals surface area contributed by atoms with Gasteiger partial charge >= 0.3 is 5.88 Å². The molecule has 0 aliphatic carbocycles. The first-order valence-electron chi connectivity index (χ1n) is 4.83. The molecule has 0 saturated heterocycles. The van der Waals surface area contributed by atoms with Crippen molar-refractivity contribution in [1.29, 1.82) is 0 Å². The monoisotopic (exact) mass is 222 g/mol. The predicted molar refractivity (Wildman–Crippen MR) is 57.8 cm³/mol. The molecule has 0 radical (unpaired) electrons. The molecule has 0 aliphatic heterocycles. The van der Waals surface area contributed by atoms with E-state index < -0.39 is 0 Å². The van der Waals surface area contributed by atoms with Gasteiger partial charge in [0.25, 0.3) is 0 Å². The van der Waals surface area contributed by atoms with Gasteiger partial charge in [-0.25, -0.2) is 4.57 Å². The molecule has 0 aliphatic rings. The van der Waals surface area contributed by atoms with E-state index in [2.05, 4.69) is 0 Å². The lowest BCUT2D eigenvalue weighted by Gasteiger charge is -2.01.